The summed E-state index contributed by atoms with van der Waals surface area (Å²) >= 11 is 0. The molecule has 0 amide bonds. The number of aryl methyl sites for hydroxylation is 1. The first-order chi connectivity index (χ1) is 15.3. The molecular formula is C24H31F3N2O3. The monoisotopic (exact) mass is 452 g/mol. The van der Waals surface area contributed by atoms with E-state index in [0.717, 1.165) is 18.2 Å². The van der Waals surface area contributed by atoms with Crippen LogP contribution < -0.4 is 9.64 Å². The van der Waals surface area contributed by atoms with Gasteiger partial charge in [0.05, 0.1) is 24.9 Å². The summed E-state index contributed by atoms with van der Waals surface area (Å²) in [6.45, 7) is 6.14. The van der Waals surface area contributed by atoms with E-state index in [4.69, 9.17) is 9.47 Å². The zero-order valence-corrected chi connectivity index (χ0v) is 18.4. The van der Waals surface area contributed by atoms with Gasteiger partial charge in [-0.2, -0.15) is 13.2 Å². The first-order valence-corrected chi connectivity index (χ1v) is 11.0. The van der Waals surface area contributed by atoms with Crippen LogP contribution in [0.1, 0.15) is 18.1 Å². The minimum Gasteiger partial charge on any atom is -0.491 e. The van der Waals surface area contributed by atoms with E-state index >= 15 is 0 Å². The SMILES string of the molecule is CCc1ccc(OCCOC[C@@H](O)CN2CCN(c3cccc(C(F)(F)F)c3)CC2)cc1. The van der Waals surface area contributed by atoms with Crippen molar-refractivity contribution in [1.29, 1.82) is 0 Å². The first-order valence-electron chi connectivity index (χ1n) is 11.0. The molecule has 8 heteroatoms. The maximum Gasteiger partial charge on any atom is 0.416 e. The molecule has 1 saturated heterocycles. The highest BCUT2D eigenvalue weighted by Gasteiger charge is 2.31. The smallest absolute Gasteiger partial charge is 0.416 e. The summed E-state index contributed by atoms with van der Waals surface area (Å²) in [6.07, 6.45) is -3.98. The third kappa shape index (κ3) is 7.39. The van der Waals surface area contributed by atoms with Crippen LogP contribution in [0.4, 0.5) is 18.9 Å². The third-order valence-electron chi connectivity index (χ3n) is 5.52. The fraction of sp³-hybridized carbons (Fsp3) is 0.500. The normalized spacial score (nSPS) is 16.2. The van der Waals surface area contributed by atoms with E-state index in [1.54, 1.807) is 6.07 Å². The van der Waals surface area contributed by atoms with Crippen LogP contribution in [0.2, 0.25) is 0 Å². The average Bonchev–Trinajstić information content (AvgIpc) is 2.79. The number of β-amino-alcohol motifs (C(OH)–C–C–N with tert-alkyl or cyclic N) is 1. The Morgan fingerprint density at radius 1 is 1.00 bits per heavy atom. The Labute approximate surface area is 187 Å². The lowest BCUT2D eigenvalue weighted by Crippen LogP contribution is -2.49. The molecule has 0 aromatic heterocycles. The number of halogens is 3. The van der Waals surface area contributed by atoms with Crippen molar-refractivity contribution < 1.29 is 27.8 Å². The fourth-order valence-electron chi connectivity index (χ4n) is 3.68. The number of hydrogen-bond donors (Lipinski definition) is 1. The maximum absolute atomic E-state index is 12.9. The molecule has 1 N–H and O–H groups in total. The third-order valence-corrected chi connectivity index (χ3v) is 5.52. The molecule has 0 radical (unpaired) electrons. The van der Waals surface area contributed by atoms with Crippen LogP contribution in [0.15, 0.2) is 48.5 Å². The van der Waals surface area contributed by atoms with Gasteiger partial charge in [0.2, 0.25) is 0 Å². The Morgan fingerprint density at radius 3 is 2.38 bits per heavy atom. The minimum atomic E-state index is -4.34. The van der Waals surface area contributed by atoms with E-state index in [-0.39, 0.29) is 6.61 Å². The minimum absolute atomic E-state index is 0.214. The lowest BCUT2D eigenvalue weighted by molar-refractivity contribution is -0.137. The lowest BCUT2D eigenvalue weighted by Gasteiger charge is -2.37. The molecule has 1 heterocycles. The number of nitrogens with zero attached hydrogens (tertiary/aromatic N) is 2. The van der Waals surface area contributed by atoms with Gasteiger partial charge in [0, 0.05) is 38.4 Å². The van der Waals surface area contributed by atoms with Crippen molar-refractivity contribution >= 4 is 5.69 Å². The van der Waals surface area contributed by atoms with Crippen LogP contribution in [-0.4, -0.2) is 68.7 Å². The molecular weight excluding hydrogens is 421 g/mol. The van der Waals surface area contributed by atoms with Crippen LogP contribution in [0, 0.1) is 0 Å². The molecule has 1 aliphatic heterocycles. The standard InChI is InChI=1S/C24H31F3N2O3/c1-2-19-6-8-23(9-7-19)32-15-14-31-18-22(30)17-28-10-12-29(13-11-28)21-5-3-4-20(16-21)24(25,26)27/h3-9,16,22,30H,2,10-15,17-18H2,1H3/t22-/m0/s1. The zero-order valence-electron chi connectivity index (χ0n) is 18.4. The second-order valence-corrected chi connectivity index (χ2v) is 7.91. The molecule has 1 atom stereocenters. The van der Waals surface area contributed by atoms with Crippen molar-refractivity contribution in [1.82, 2.24) is 4.90 Å². The lowest BCUT2D eigenvalue weighted by atomic mass is 10.1. The topological polar surface area (TPSA) is 45.2 Å². The van der Waals surface area contributed by atoms with Crippen LogP contribution in [-0.2, 0) is 17.3 Å². The van der Waals surface area contributed by atoms with Gasteiger partial charge in [-0.3, -0.25) is 4.90 Å². The quantitative estimate of drug-likeness (QED) is 0.555. The number of rotatable bonds is 10. The number of benzene rings is 2. The van der Waals surface area contributed by atoms with Gasteiger partial charge in [-0.1, -0.05) is 25.1 Å². The van der Waals surface area contributed by atoms with Crippen LogP contribution in [0.25, 0.3) is 0 Å². The van der Waals surface area contributed by atoms with Gasteiger partial charge < -0.3 is 19.5 Å². The van der Waals surface area contributed by atoms with Gasteiger partial charge >= 0.3 is 6.18 Å². The molecule has 1 aliphatic rings. The van der Waals surface area contributed by atoms with Crippen molar-refractivity contribution in [2.45, 2.75) is 25.6 Å². The van der Waals surface area contributed by atoms with E-state index in [9.17, 15) is 18.3 Å². The van der Waals surface area contributed by atoms with Crippen LogP contribution in [0.5, 0.6) is 5.75 Å². The highest BCUT2D eigenvalue weighted by Crippen LogP contribution is 2.31. The first kappa shape index (κ1) is 24.4. The summed E-state index contributed by atoms with van der Waals surface area (Å²) in [5.41, 5.74) is 1.20. The summed E-state index contributed by atoms with van der Waals surface area (Å²) in [4.78, 5) is 4.04. The zero-order chi connectivity index (χ0) is 23.0. The number of hydrogen-bond acceptors (Lipinski definition) is 5. The predicted octanol–water partition coefficient (Wildman–Crippen LogP) is 3.85. The van der Waals surface area contributed by atoms with E-state index in [0.29, 0.717) is 51.6 Å². The molecule has 32 heavy (non-hydrogen) atoms. The maximum atomic E-state index is 12.9. The Bertz CT molecular complexity index is 822. The molecule has 176 valence electrons. The van der Waals surface area contributed by atoms with Crippen LogP contribution in [0.3, 0.4) is 0 Å². The Balaban J connectivity index is 1.32. The van der Waals surface area contributed by atoms with Gasteiger partial charge in [-0.05, 0) is 42.3 Å². The van der Waals surface area contributed by atoms with Crippen molar-refractivity contribution in [2.24, 2.45) is 0 Å². The van der Waals surface area contributed by atoms with E-state index < -0.39 is 17.8 Å². The van der Waals surface area contributed by atoms with Gasteiger partial charge in [0.15, 0.2) is 0 Å². The number of anilines is 1. The fourth-order valence-corrected chi connectivity index (χ4v) is 3.68. The second kappa shape index (κ2) is 11.5. The Morgan fingerprint density at radius 2 is 1.72 bits per heavy atom. The van der Waals surface area contributed by atoms with Gasteiger partial charge in [0.25, 0.3) is 0 Å². The predicted molar refractivity (Wildman–Crippen MR) is 118 cm³/mol. The highest BCUT2D eigenvalue weighted by atomic mass is 19.4. The molecule has 1 fully saturated rings. The summed E-state index contributed by atoms with van der Waals surface area (Å²) in [6, 6.07) is 13.4. The van der Waals surface area contributed by atoms with Crippen molar-refractivity contribution in [3.63, 3.8) is 0 Å². The molecule has 0 spiro atoms. The number of ether oxygens (including phenoxy) is 2. The number of alkyl halides is 3. The highest BCUT2D eigenvalue weighted by molar-refractivity contribution is 5.49. The summed E-state index contributed by atoms with van der Waals surface area (Å²) in [5.74, 6) is 0.796. The second-order valence-electron chi connectivity index (χ2n) is 7.91. The Hall–Kier alpha value is -2.29. The summed E-state index contributed by atoms with van der Waals surface area (Å²) in [7, 11) is 0. The number of piperazine rings is 1. The van der Waals surface area contributed by atoms with E-state index in [2.05, 4.69) is 11.8 Å². The molecule has 0 unspecified atom stereocenters. The molecule has 2 aromatic rings. The van der Waals surface area contributed by atoms with Crippen molar-refractivity contribution in [3.05, 3.63) is 59.7 Å². The van der Waals surface area contributed by atoms with Gasteiger partial charge in [-0.25, -0.2) is 0 Å². The molecule has 0 saturated carbocycles. The van der Waals surface area contributed by atoms with E-state index in [1.165, 1.54) is 17.7 Å². The molecule has 0 bridgehead atoms. The summed E-state index contributed by atoms with van der Waals surface area (Å²) < 4.78 is 49.9. The van der Waals surface area contributed by atoms with Crippen molar-refractivity contribution in [2.75, 3.05) is 57.4 Å². The molecule has 3 rings (SSSR count). The number of aliphatic hydroxyl groups is 1. The van der Waals surface area contributed by atoms with Crippen molar-refractivity contribution in [3.8, 4) is 5.75 Å². The van der Waals surface area contributed by atoms with Gasteiger partial charge in [0.1, 0.15) is 12.4 Å². The number of aliphatic hydroxyl groups excluding tert-OH is 1. The van der Waals surface area contributed by atoms with Gasteiger partial charge in [-0.15, -0.1) is 0 Å². The Kier molecular flexibility index (Phi) is 8.78. The van der Waals surface area contributed by atoms with Crippen LogP contribution >= 0.6 is 0 Å². The molecule has 0 aliphatic carbocycles. The molecule has 5 nitrogen and oxygen atoms in total. The molecule has 2 aromatic carbocycles. The van der Waals surface area contributed by atoms with E-state index in [1.807, 2.05) is 29.2 Å². The largest absolute Gasteiger partial charge is 0.491 e. The summed E-state index contributed by atoms with van der Waals surface area (Å²) in [5, 5.41) is 10.2. The average molecular weight is 453 g/mol.